The minimum atomic E-state index is 0.368. The fraction of sp³-hybridized carbons (Fsp3) is 0.800. The van der Waals surface area contributed by atoms with Crippen LogP contribution in [-0.2, 0) is 0 Å². The highest BCUT2D eigenvalue weighted by Gasteiger charge is 2.29. The van der Waals surface area contributed by atoms with Crippen LogP contribution in [0.4, 0.5) is 6.01 Å². The topological polar surface area (TPSA) is 51.0 Å². The zero-order valence-electron chi connectivity index (χ0n) is 9.77. The standard InChI is InChI=1S/C10H17N3OS2/c1-4-11-10-12-9(13-14-10)8-5-15-6(2)7(3)16-8/h6-8H,4-5H2,1-3H3,(H,11,12,13). The molecule has 0 spiro atoms. The summed E-state index contributed by atoms with van der Waals surface area (Å²) < 4.78 is 5.13. The zero-order chi connectivity index (χ0) is 11.5. The van der Waals surface area contributed by atoms with Crippen LogP contribution in [0.5, 0.6) is 0 Å². The van der Waals surface area contributed by atoms with E-state index in [2.05, 4.69) is 29.3 Å². The maximum atomic E-state index is 5.13. The van der Waals surface area contributed by atoms with Gasteiger partial charge >= 0.3 is 6.01 Å². The number of nitrogens with zero attached hydrogens (tertiary/aromatic N) is 2. The lowest BCUT2D eigenvalue weighted by Crippen LogP contribution is -2.22. The van der Waals surface area contributed by atoms with Crippen LogP contribution >= 0.6 is 23.5 Å². The van der Waals surface area contributed by atoms with E-state index in [-0.39, 0.29) is 0 Å². The first kappa shape index (κ1) is 12.1. The van der Waals surface area contributed by atoms with E-state index in [4.69, 9.17) is 4.52 Å². The third-order valence-electron chi connectivity index (χ3n) is 2.61. The summed E-state index contributed by atoms with van der Waals surface area (Å²) in [4.78, 5) is 4.36. The van der Waals surface area contributed by atoms with E-state index in [0.717, 1.165) is 18.1 Å². The molecule has 0 bridgehead atoms. The largest absolute Gasteiger partial charge is 0.338 e. The van der Waals surface area contributed by atoms with E-state index in [9.17, 15) is 0 Å². The highest BCUT2D eigenvalue weighted by Crippen LogP contribution is 2.43. The van der Waals surface area contributed by atoms with Crippen molar-refractivity contribution < 1.29 is 4.52 Å². The molecule has 1 aliphatic heterocycles. The van der Waals surface area contributed by atoms with Crippen molar-refractivity contribution in [1.29, 1.82) is 0 Å². The van der Waals surface area contributed by atoms with E-state index in [1.165, 1.54) is 0 Å². The quantitative estimate of drug-likeness (QED) is 0.901. The molecular formula is C10H17N3OS2. The van der Waals surface area contributed by atoms with Gasteiger partial charge in [-0.3, -0.25) is 0 Å². The molecular weight excluding hydrogens is 242 g/mol. The Balaban J connectivity index is 2.01. The minimum absolute atomic E-state index is 0.368. The van der Waals surface area contributed by atoms with Crippen LogP contribution in [0.15, 0.2) is 4.52 Å². The Bertz CT molecular complexity index is 345. The average molecular weight is 259 g/mol. The molecule has 0 aliphatic carbocycles. The van der Waals surface area contributed by atoms with E-state index in [1.807, 2.05) is 30.4 Å². The Morgan fingerprint density at radius 2 is 2.25 bits per heavy atom. The minimum Gasteiger partial charge on any atom is -0.338 e. The van der Waals surface area contributed by atoms with Crippen LogP contribution in [0.25, 0.3) is 0 Å². The Morgan fingerprint density at radius 3 is 2.94 bits per heavy atom. The normalized spacial score (nSPS) is 30.3. The van der Waals surface area contributed by atoms with Gasteiger partial charge in [0.05, 0.1) is 5.25 Å². The van der Waals surface area contributed by atoms with Crippen molar-refractivity contribution >= 4 is 29.5 Å². The number of aromatic nitrogens is 2. The molecule has 1 saturated heterocycles. The molecule has 0 amide bonds. The molecule has 3 unspecified atom stereocenters. The molecule has 90 valence electrons. The van der Waals surface area contributed by atoms with Gasteiger partial charge < -0.3 is 9.84 Å². The lowest BCUT2D eigenvalue weighted by molar-refractivity contribution is 0.423. The molecule has 1 N–H and O–H groups in total. The van der Waals surface area contributed by atoms with Crippen molar-refractivity contribution in [3.63, 3.8) is 0 Å². The van der Waals surface area contributed by atoms with E-state index in [1.54, 1.807) is 0 Å². The molecule has 0 radical (unpaired) electrons. The zero-order valence-corrected chi connectivity index (χ0v) is 11.4. The second-order valence-electron chi connectivity index (χ2n) is 3.86. The van der Waals surface area contributed by atoms with Crippen LogP contribution < -0.4 is 5.32 Å². The van der Waals surface area contributed by atoms with Crippen LogP contribution in [0.3, 0.4) is 0 Å². The summed E-state index contributed by atoms with van der Waals surface area (Å²) in [6.07, 6.45) is 0. The Morgan fingerprint density at radius 1 is 1.44 bits per heavy atom. The van der Waals surface area contributed by atoms with E-state index < -0.39 is 0 Å². The summed E-state index contributed by atoms with van der Waals surface area (Å²) in [5.41, 5.74) is 0. The monoisotopic (exact) mass is 259 g/mol. The van der Waals surface area contributed by atoms with Crippen molar-refractivity contribution in [1.82, 2.24) is 10.1 Å². The molecule has 1 aromatic heterocycles. The summed E-state index contributed by atoms with van der Waals surface area (Å²) in [6, 6.07) is 0.536. The third-order valence-corrected chi connectivity index (χ3v) is 5.99. The summed E-state index contributed by atoms with van der Waals surface area (Å²) in [7, 11) is 0. The van der Waals surface area contributed by atoms with Gasteiger partial charge in [0.25, 0.3) is 0 Å². The molecule has 1 aromatic rings. The molecule has 2 heterocycles. The SMILES string of the molecule is CCNc1nc(C2CSC(C)C(C)S2)no1. The first-order valence-electron chi connectivity index (χ1n) is 5.55. The Hall–Kier alpha value is -0.360. The average Bonchev–Trinajstić information content (AvgIpc) is 2.71. The number of hydrogen-bond acceptors (Lipinski definition) is 6. The van der Waals surface area contributed by atoms with Gasteiger partial charge in [0.2, 0.25) is 0 Å². The number of anilines is 1. The van der Waals surface area contributed by atoms with Gasteiger partial charge in [0, 0.05) is 22.8 Å². The Kier molecular flexibility index (Phi) is 4.02. The highest BCUT2D eigenvalue weighted by atomic mass is 32.2. The first-order chi connectivity index (χ1) is 7.70. The molecule has 1 fully saturated rings. The fourth-order valence-corrected chi connectivity index (χ4v) is 4.34. The molecule has 0 saturated carbocycles. The number of nitrogens with one attached hydrogen (secondary N) is 1. The van der Waals surface area contributed by atoms with Crippen molar-refractivity contribution in [2.45, 2.75) is 36.5 Å². The highest BCUT2D eigenvalue weighted by molar-refractivity contribution is 8.07. The van der Waals surface area contributed by atoms with Crippen LogP contribution in [0, 0.1) is 0 Å². The molecule has 3 atom stereocenters. The van der Waals surface area contributed by atoms with Crippen molar-refractivity contribution in [2.24, 2.45) is 0 Å². The van der Waals surface area contributed by atoms with Crippen LogP contribution in [-0.4, -0.2) is 32.9 Å². The van der Waals surface area contributed by atoms with Gasteiger partial charge in [0.1, 0.15) is 0 Å². The summed E-state index contributed by atoms with van der Waals surface area (Å²) >= 11 is 3.93. The fourth-order valence-electron chi connectivity index (χ4n) is 1.51. The molecule has 2 rings (SSSR count). The first-order valence-corrected chi connectivity index (χ1v) is 7.54. The predicted octanol–water partition coefficient (Wildman–Crippen LogP) is 2.80. The van der Waals surface area contributed by atoms with Gasteiger partial charge in [-0.15, -0.1) is 11.8 Å². The van der Waals surface area contributed by atoms with Gasteiger partial charge in [-0.1, -0.05) is 19.0 Å². The Labute approximate surface area is 104 Å². The number of hydrogen-bond donors (Lipinski definition) is 1. The second-order valence-corrected chi connectivity index (χ2v) is 6.85. The lowest BCUT2D eigenvalue weighted by atomic mass is 10.3. The maximum Gasteiger partial charge on any atom is 0.321 e. The lowest BCUT2D eigenvalue weighted by Gasteiger charge is -2.29. The summed E-state index contributed by atoms with van der Waals surface area (Å²) in [5.74, 6) is 1.90. The van der Waals surface area contributed by atoms with E-state index in [0.29, 0.717) is 21.8 Å². The van der Waals surface area contributed by atoms with Crippen LogP contribution in [0.1, 0.15) is 31.8 Å². The summed E-state index contributed by atoms with van der Waals surface area (Å²) in [6.45, 7) is 7.36. The molecule has 0 aromatic carbocycles. The van der Waals surface area contributed by atoms with Crippen LogP contribution in [0.2, 0.25) is 0 Å². The van der Waals surface area contributed by atoms with Gasteiger partial charge in [-0.25, -0.2) is 0 Å². The maximum absolute atomic E-state index is 5.13. The van der Waals surface area contributed by atoms with Crippen molar-refractivity contribution in [3.05, 3.63) is 5.82 Å². The molecule has 16 heavy (non-hydrogen) atoms. The molecule has 1 aliphatic rings. The van der Waals surface area contributed by atoms with Gasteiger partial charge in [0.15, 0.2) is 5.82 Å². The predicted molar refractivity (Wildman–Crippen MR) is 70.2 cm³/mol. The molecule has 4 nitrogen and oxygen atoms in total. The number of thioether (sulfide) groups is 2. The van der Waals surface area contributed by atoms with Gasteiger partial charge in [-0.2, -0.15) is 16.7 Å². The number of rotatable bonds is 3. The van der Waals surface area contributed by atoms with Crippen molar-refractivity contribution in [3.8, 4) is 0 Å². The van der Waals surface area contributed by atoms with Crippen molar-refractivity contribution in [2.75, 3.05) is 17.6 Å². The third kappa shape index (κ3) is 2.66. The summed E-state index contributed by atoms with van der Waals surface area (Å²) in [5, 5.41) is 8.79. The molecule has 6 heteroatoms. The second kappa shape index (κ2) is 5.31. The van der Waals surface area contributed by atoms with E-state index >= 15 is 0 Å². The smallest absolute Gasteiger partial charge is 0.321 e. The van der Waals surface area contributed by atoms with Gasteiger partial charge in [-0.05, 0) is 6.92 Å².